The average molecular weight is 312 g/mol. The fourth-order valence-corrected chi connectivity index (χ4v) is 2.58. The lowest BCUT2D eigenvalue weighted by atomic mass is 10.3. The van der Waals surface area contributed by atoms with Crippen molar-refractivity contribution in [1.29, 1.82) is 0 Å². The van der Waals surface area contributed by atoms with Crippen molar-refractivity contribution < 1.29 is 18.7 Å². The number of rotatable bonds is 5. The number of anilines is 1. The number of carbonyl (C=O) groups excluding carboxylic acids is 2. The molecule has 1 aliphatic rings. The molecule has 21 heavy (non-hydrogen) atoms. The maximum Gasteiger partial charge on any atom is 0.234 e. The van der Waals surface area contributed by atoms with Crippen molar-refractivity contribution in [2.24, 2.45) is 0 Å². The molecule has 5 nitrogen and oxygen atoms in total. The van der Waals surface area contributed by atoms with Crippen LogP contribution in [0.15, 0.2) is 24.3 Å². The van der Waals surface area contributed by atoms with Gasteiger partial charge in [-0.25, -0.2) is 4.39 Å². The molecule has 0 unspecified atom stereocenters. The third kappa shape index (κ3) is 5.35. The topological polar surface area (TPSA) is 58.6 Å². The van der Waals surface area contributed by atoms with Gasteiger partial charge in [0.1, 0.15) is 5.82 Å². The van der Waals surface area contributed by atoms with E-state index in [0.717, 1.165) is 0 Å². The Morgan fingerprint density at radius 1 is 1.19 bits per heavy atom. The van der Waals surface area contributed by atoms with Gasteiger partial charge < -0.3 is 15.0 Å². The fourth-order valence-electron chi connectivity index (χ4n) is 1.87. The highest BCUT2D eigenvalue weighted by Gasteiger charge is 2.16. The van der Waals surface area contributed by atoms with Crippen LogP contribution >= 0.6 is 11.8 Å². The molecular formula is C14H17FN2O3S. The molecule has 1 aromatic carbocycles. The third-order valence-corrected chi connectivity index (χ3v) is 3.87. The van der Waals surface area contributed by atoms with Crippen LogP contribution in [-0.2, 0) is 14.3 Å². The molecule has 2 rings (SSSR count). The summed E-state index contributed by atoms with van der Waals surface area (Å²) < 4.78 is 17.9. The number of nitrogens with zero attached hydrogens (tertiary/aromatic N) is 1. The fraction of sp³-hybridized carbons (Fsp3) is 0.429. The molecule has 2 amide bonds. The van der Waals surface area contributed by atoms with Gasteiger partial charge in [-0.2, -0.15) is 0 Å². The van der Waals surface area contributed by atoms with Crippen LogP contribution in [0.25, 0.3) is 0 Å². The van der Waals surface area contributed by atoms with Crippen LogP contribution in [0.2, 0.25) is 0 Å². The van der Waals surface area contributed by atoms with Gasteiger partial charge in [0.25, 0.3) is 0 Å². The standard InChI is InChI=1S/C14H17FN2O3S/c15-11-1-3-12(4-2-11)16-13(18)9-21-10-14(19)17-5-7-20-8-6-17/h1-4H,5-10H2,(H,16,18). The van der Waals surface area contributed by atoms with Gasteiger partial charge in [-0.1, -0.05) is 0 Å². The Hall–Kier alpha value is -1.60. The maximum atomic E-state index is 12.7. The van der Waals surface area contributed by atoms with Gasteiger partial charge in [0.2, 0.25) is 11.8 Å². The Morgan fingerprint density at radius 3 is 2.52 bits per heavy atom. The molecule has 0 spiro atoms. The summed E-state index contributed by atoms with van der Waals surface area (Å²) in [6.45, 7) is 2.37. The van der Waals surface area contributed by atoms with Gasteiger partial charge in [0, 0.05) is 18.8 Å². The summed E-state index contributed by atoms with van der Waals surface area (Å²) in [4.78, 5) is 25.3. The summed E-state index contributed by atoms with van der Waals surface area (Å²) in [7, 11) is 0. The van der Waals surface area contributed by atoms with E-state index in [4.69, 9.17) is 4.74 Å². The zero-order valence-corrected chi connectivity index (χ0v) is 12.3. The lowest BCUT2D eigenvalue weighted by Crippen LogP contribution is -2.41. The second-order valence-corrected chi connectivity index (χ2v) is 5.53. The minimum atomic E-state index is -0.349. The van der Waals surface area contributed by atoms with E-state index >= 15 is 0 Å². The normalized spacial score (nSPS) is 14.8. The predicted molar refractivity (Wildman–Crippen MR) is 79.8 cm³/mol. The highest BCUT2D eigenvalue weighted by atomic mass is 32.2. The molecule has 1 N–H and O–H groups in total. The molecule has 1 aliphatic heterocycles. The molecule has 7 heteroatoms. The number of morpholine rings is 1. The van der Waals surface area contributed by atoms with Gasteiger partial charge in [-0.3, -0.25) is 9.59 Å². The number of amides is 2. The first kappa shape index (κ1) is 15.8. The Kier molecular flexibility index (Phi) is 6.01. The zero-order valence-electron chi connectivity index (χ0n) is 11.5. The Morgan fingerprint density at radius 2 is 1.86 bits per heavy atom. The summed E-state index contributed by atoms with van der Waals surface area (Å²) >= 11 is 1.27. The SMILES string of the molecule is O=C(CSCC(=O)N1CCOCC1)Nc1ccc(F)cc1. The van der Waals surface area contributed by atoms with Crippen LogP contribution in [0.4, 0.5) is 10.1 Å². The van der Waals surface area contributed by atoms with Crippen molar-refractivity contribution in [1.82, 2.24) is 4.90 Å². The van der Waals surface area contributed by atoms with Crippen LogP contribution in [0, 0.1) is 5.82 Å². The number of ether oxygens (including phenoxy) is 1. The lowest BCUT2D eigenvalue weighted by Gasteiger charge is -2.26. The number of benzene rings is 1. The number of thioether (sulfide) groups is 1. The molecule has 0 radical (unpaired) electrons. The van der Waals surface area contributed by atoms with Crippen molar-refractivity contribution in [2.45, 2.75) is 0 Å². The first-order chi connectivity index (χ1) is 10.1. The van der Waals surface area contributed by atoms with Crippen LogP contribution < -0.4 is 5.32 Å². The highest BCUT2D eigenvalue weighted by molar-refractivity contribution is 8.00. The maximum absolute atomic E-state index is 12.7. The largest absolute Gasteiger partial charge is 0.378 e. The molecule has 1 heterocycles. The summed E-state index contributed by atoms with van der Waals surface area (Å²) in [5.74, 6) is -0.0673. The lowest BCUT2D eigenvalue weighted by molar-refractivity contribution is -0.132. The van der Waals surface area contributed by atoms with Crippen molar-refractivity contribution in [2.75, 3.05) is 43.1 Å². The summed E-state index contributed by atoms with van der Waals surface area (Å²) in [5.41, 5.74) is 0.543. The average Bonchev–Trinajstić information content (AvgIpc) is 2.50. The Labute approximate surface area is 126 Å². The van der Waals surface area contributed by atoms with Crippen LogP contribution in [0.5, 0.6) is 0 Å². The molecule has 0 atom stereocenters. The number of carbonyl (C=O) groups is 2. The number of hydrogen-bond donors (Lipinski definition) is 1. The van der Waals surface area contributed by atoms with Crippen molar-refractivity contribution in [3.63, 3.8) is 0 Å². The molecule has 1 saturated heterocycles. The number of halogens is 1. The molecule has 0 aliphatic carbocycles. The van der Waals surface area contributed by atoms with Crippen LogP contribution in [0.1, 0.15) is 0 Å². The minimum Gasteiger partial charge on any atom is -0.378 e. The van der Waals surface area contributed by atoms with Gasteiger partial charge in [-0.05, 0) is 24.3 Å². The minimum absolute atomic E-state index is 0.0258. The number of hydrogen-bond acceptors (Lipinski definition) is 4. The van der Waals surface area contributed by atoms with Crippen molar-refractivity contribution >= 4 is 29.3 Å². The molecule has 1 fully saturated rings. The van der Waals surface area contributed by atoms with E-state index in [1.165, 1.54) is 36.0 Å². The van der Waals surface area contributed by atoms with Gasteiger partial charge >= 0.3 is 0 Å². The smallest absolute Gasteiger partial charge is 0.234 e. The molecule has 1 aromatic rings. The predicted octanol–water partition coefficient (Wildman–Crippen LogP) is 1.36. The quantitative estimate of drug-likeness (QED) is 0.892. The van der Waals surface area contributed by atoms with Gasteiger partial charge in [0.15, 0.2) is 0 Å². The van der Waals surface area contributed by atoms with E-state index in [1.54, 1.807) is 4.90 Å². The van der Waals surface area contributed by atoms with E-state index in [0.29, 0.717) is 32.0 Å². The van der Waals surface area contributed by atoms with Gasteiger partial charge in [0.05, 0.1) is 24.7 Å². The molecular weight excluding hydrogens is 295 g/mol. The first-order valence-corrected chi connectivity index (χ1v) is 7.79. The van der Waals surface area contributed by atoms with Crippen LogP contribution in [-0.4, -0.2) is 54.5 Å². The zero-order chi connectivity index (χ0) is 15.1. The first-order valence-electron chi connectivity index (χ1n) is 6.64. The molecule has 0 saturated carbocycles. The third-order valence-electron chi connectivity index (χ3n) is 2.95. The van der Waals surface area contributed by atoms with Crippen molar-refractivity contribution in [3.05, 3.63) is 30.1 Å². The highest BCUT2D eigenvalue weighted by Crippen LogP contribution is 2.10. The van der Waals surface area contributed by atoms with Crippen LogP contribution in [0.3, 0.4) is 0 Å². The van der Waals surface area contributed by atoms with Gasteiger partial charge in [-0.15, -0.1) is 11.8 Å². The van der Waals surface area contributed by atoms with E-state index in [9.17, 15) is 14.0 Å². The van der Waals surface area contributed by atoms with E-state index in [-0.39, 0.29) is 29.1 Å². The Balaban J connectivity index is 1.66. The number of nitrogens with one attached hydrogen (secondary N) is 1. The summed E-state index contributed by atoms with van der Waals surface area (Å²) in [5, 5.41) is 2.65. The molecule has 0 aromatic heterocycles. The monoisotopic (exact) mass is 312 g/mol. The summed E-state index contributed by atoms with van der Waals surface area (Å²) in [6.07, 6.45) is 0. The second-order valence-electron chi connectivity index (χ2n) is 4.54. The molecule has 114 valence electrons. The Bertz CT molecular complexity index is 489. The molecule has 0 bridgehead atoms. The van der Waals surface area contributed by atoms with E-state index < -0.39 is 0 Å². The summed E-state index contributed by atoms with van der Waals surface area (Å²) in [6, 6.07) is 5.56. The van der Waals surface area contributed by atoms with E-state index in [2.05, 4.69) is 5.32 Å². The van der Waals surface area contributed by atoms with E-state index in [1.807, 2.05) is 0 Å². The second kappa shape index (κ2) is 7.99. The van der Waals surface area contributed by atoms with Crippen molar-refractivity contribution in [3.8, 4) is 0 Å².